The quantitative estimate of drug-likeness (QED) is 0.867. The molecule has 0 saturated heterocycles. The van der Waals surface area contributed by atoms with Crippen molar-refractivity contribution in [2.75, 3.05) is 11.9 Å². The van der Waals surface area contributed by atoms with Crippen LogP contribution in [0.2, 0.25) is 0 Å². The molecule has 0 unspecified atom stereocenters. The van der Waals surface area contributed by atoms with Gasteiger partial charge in [0.25, 0.3) is 0 Å². The summed E-state index contributed by atoms with van der Waals surface area (Å²) < 4.78 is 5.27. The molecule has 0 spiro atoms. The van der Waals surface area contributed by atoms with Gasteiger partial charge in [-0.3, -0.25) is 10.1 Å². The van der Waals surface area contributed by atoms with Crippen molar-refractivity contribution in [2.45, 2.75) is 19.9 Å². The molecular weight excluding hydrogens is 240 g/mol. The molecule has 0 bridgehead atoms. The summed E-state index contributed by atoms with van der Waals surface area (Å²) in [7, 11) is 0. The molecule has 4 heteroatoms. The fourth-order valence-corrected chi connectivity index (χ4v) is 1.79. The number of rotatable bonds is 5. The SMILES string of the molecule is Cc1ccccc1NC(=O)CN[C@H](C)c1ccco1. The highest BCUT2D eigenvalue weighted by Crippen LogP contribution is 2.14. The molecule has 1 aromatic heterocycles. The Balaban J connectivity index is 1.84. The minimum Gasteiger partial charge on any atom is -0.468 e. The van der Waals surface area contributed by atoms with Gasteiger partial charge < -0.3 is 9.73 Å². The van der Waals surface area contributed by atoms with Crippen molar-refractivity contribution < 1.29 is 9.21 Å². The largest absolute Gasteiger partial charge is 0.468 e. The van der Waals surface area contributed by atoms with Gasteiger partial charge in [-0.2, -0.15) is 0 Å². The number of aryl methyl sites for hydroxylation is 1. The van der Waals surface area contributed by atoms with Crippen molar-refractivity contribution in [3.05, 3.63) is 54.0 Å². The van der Waals surface area contributed by atoms with Gasteiger partial charge in [0.05, 0.1) is 18.8 Å². The van der Waals surface area contributed by atoms with Gasteiger partial charge in [-0.15, -0.1) is 0 Å². The molecule has 4 nitrogen and oxygen atoms in total. The maximum atomic E-state index is 11.8. The molecule has 1 heterocycles. The average molecular weight is 258 g/mol. The Morgan fingerprint density at radius 3 is 2.74 bits per heavy atom. The Morgan fingerprint density at radius 2 is 2.05 bits per heavy atom. The third kappa shape index (κ3) is 3.69. The fourth-order valence-electron chi connectivity index (χ4n) is 1.79. The van der Waals surface area contributed by atoms with Gasteiger partial charge in [0, 0.05) is 5.69 Å². The Labute approximate surface area is 112 Å². The number of hydrogen-bond acceptors (Lipinski definition) is 3. The smallest absolute Gasteiger partial charge is 0.238 e. The monoisotopic (exact) mass is 258 g/mol. The van der Waals surface area contributed by atoms with Crippen LogP contribution in [0.5, 0.6) is 0 Å². The number of furan rings is 1. The second kappa shape index (κ2) is 6.20. The molecule has 0 radical (unpaired) electrons. The summed E-state index contributed by atoms with van der Waals surface area (Å²) in [6.45, 7) is 4.17. The first kappa shape index (κ1) is 13.4. The van der Waals surface area contributed by atoms with Crippen molar-refractivity contribution in [2.24, 2.45) is 0 Å². The Hall–Kier alpha value is -2.07. The standard InChI is InChI=1S/C15H18N2O2/c1-11-6-3-4-7-13(11)17-15(18)10-16-12(2)14-8-5-9-19-14/h3-9,12,16H,10H2,1-2H3,(H,17,18)/t12-/m1/s1. The third-order valence-corrected chi connectivity index (χ3v) is 2.96. The molecule has 2 N–H and O–H groups in total. The van der Waals surface area contributed by atoms with Gasteiger partial charge in [0.2, 0.25) is 5.91 Å². The van der Waals surface area contributed by atoms with E-state index in [2.05, 4.69) is 10.6 Å². The van der Waals surface area contributed by atoms with Gasteiger partial charge in [-0.1, -0.05) is 18.2 Å². The molecule has 0 fully saturated rings. The van der Waals surface area contributed by atoms with E-state index in [0.717, 1.165) is 17.0 Å². The lowest BCUT2D eigenvalue weighted by Crippen LogP contribution is -2.30. The second-order valence-corrected chi connectivity index (χ2v) is 4.48. The molecule has 0 aliphatic carbocycles. The molecule has 1 aromatic carbocycles. The number of para-hydroxylation sites is 1. The summed E-state index contributed by atoms with van der Waals surface area (Å²) in [6.07, 6.45) is 1.63. The van der Waals surface area contributed by atoms with E-state index in [1.807, 2.05) is 50.2 Å². The first-order valence-electron chi connectivity index (χ1n) is 6.29. The normalized spacial score (nSPS) is 12.1. The molecule has 2 rings (SSSR count). The van der Waals surface area contributed by atoms with Crippen LogP contribution in [-0.4, -0.2) is 12.5 Å². The van der Waals surface area contributed by atoms with Gasteiger partial charge in [0.1, 0.15) is 5.76 Å². The van der Waals surface area contributed by atoms with Gasteiger partial charge in [-0.05, 0) is 37.6 Å². The Morgan fingerprint density at radius 1 is 1.26 bits per heavy atom. The number of benzene rings is 1. The van der Waals surface area contributed by atoms with Crippen LogP contribution in [0, 0.1) is 6.92 Å². The van der Waals surface area contributed by atoms with E-state index in [1.54, 1.807) is 6.26 Å². The Bertz CT molecular complexity index is 535. The molecule has 100 valence electrons. The summed E-state index contributed by atoms with van der Waals surface area (Å²) in [5.41, 5.74) is 1.90. The van der Waals surface area contributed by atoms with Gasteiger partial charge >= 0.3 is 0 Å². The van der Waals surface area contributed by atoms with E-state index < -0.39 is 0 Å². The summed E-state index contributed by atoms with van der Waals surface area (Å²) in [5, 5.41) is 6.00. The Kier molecular flexibility index (Phi) is 4.36. The lowest BCUT2D eigenvalue weighted by atomic mass is 10.2. The summed E-state index contributed by atoms with van der Waals surface area (Å²) in [4.78, 5) is 11.8. The molecule has 2 aromatic rings. The molecule has 1 amide bonds. The van der Waals surface area contributed by atoms with Gasteiger partial charge in [0.15, 0.2) is 0 Å². The van der Waals surface area contributed by atoms with Crippen LogP contribution in [-0.2, 0) is 4.79 Å². The molecule has 1 atom stereocenters. The van der Waals surface area contributed by atoms with Crippen LogP contribution in [0.4, 0.5) is 5.69 Å². The van der Waals surface area contributed by atoms with Crippen molar-refractivity contribution >= 4 is 11.6 Å². The van der Waals surface area contributed by atoms with Crippen molar-refractivity contribution in [1.29, 1.82) is 0 Å². The maximum Gasteiger partial charge on any atom is 0.238 e. The predicted molar refractivity (Wildman–Crippen MR) is 74.9 cm³/mol. The van der Waals surface area contributed by atoms with E-state index in [0.29, 0.717) is 0 Å². The minimum atomic E-state index is -0.0623. The van der Waals surface area contributed by atoms with E-state index in [4.69, 9.17) is 4.42 Å². The fraction of sp³-hybridized carbons (Fsp3) is 0.267. The molecule has 0 aliphatic heterocycles. The van der Waals surface area contributed by atoms with Crippen molar-refractivity contribution in [3.63, 3.8) is 0 Å². The number of anilines is 1. The number of hydrogen-bond donors (Lipinski definition) is 2. The number of amides is 1. The minimum absolute atomic E-state index is 0.0117. The summed E-state index contributed by atoms with van der Waals surface area (Å²) in [5.74, 6) is 0.761. The number of carbonyl (C=O) groups is 1. The van der Waals surface area contributed by atoms with E-state index in [9.17, 15) is 4.79 Å². The summed E-state index contributed by atoms with van der Waals surface area (Å²) >= 11 is 0. The topological polar surface area (TPSA) is 54.3 Å². The van der Waals surface area contributed by atoms with Crippen LogP contribution >= 0.6 is 0 Å². The van der Waals surface area contributed by atoms with E-state index in [1.165, 1.54) is 0 Å². The van der Waals surface area contributed by atoms with Crippen LogP contribution < -0.4 is 10.6 Å². The molecule has 19 heavy (non-hydrogen) atoms. The van der Waals surface area contributed by atoms with Crippen LogP contribution in [0.3, 0.4) is 0 Å². The lowest BCUT2D eigenvalue weighted by Gasteiger charge is -2.12. The maximum absolute atomic E-state index is 11.8. The van der Waals surface area contributed by atoms with E-state index >= 15 is 0 Å². The zero-order valence-electron chi connectivity index (χ0n) is 11.1. The molecular formula is C15H18N2O2. The predicted octanol–water partition coefficient (Wildman–Crippen LogP) is 2.88. The first-order valence-corrected chi connectivity index (χ1v) is 6.29. The number of nitrogens with one attached hydrogen (secondary N) is 2. The van der Waals surface area contributed by atoms with Crippen LogP contribution in [0.1, 0.15) is 24.3 Å². The highest BCUT2D eigenvalue weighted by atomic mass is 16.3. The third-order valence-electron chi connectivity index (χ3n) is 2.96. The lowest BCUT2D eigenvalue weighted by molar-refractivity contribution is -0.115. The average Bonchev–Trinajstić information content (AvgIpc) is 2.93. The first-order chi connectivity index (χ1) is 9.16. The summed E-state index contributed by atoms with van der Waals surface area (Å²) in [6, 6.07) is 11.4. The highest BCUT2D eigenvalue weighted by Gasteiger charge is 2.10. The van der Waals surface area contributed by atoms with Crippen LogP contribution in [0.25, 0.3) is 0 Å². The van der Waals surface area contributed by atoms with Crippen molar-refractivity contribution in [3.8, 4) is 0 Å². The van der Waals surface area contributed by atoms with E-state index in [-0.39, 0.29) is 18.5 Å². The zero-order chi connectivity index (χ0) is 13.7. The highest BCUT2D eigenvalue weighted by molar-refractivity contribution is 5.92. The van der Waals surface area contributed by atoms with Gasteiger partial charge in [-0.25, -0.2) is 0 Å². The number of carbonyl (C=O) groups excluding carboxylic acids is 1. The molecule has 0 saturated carbocycles. The van der Waals surface area contributed by atoms with Crippen LogP contribution in [0.15, 0.2) is 47.1 Å². The zero-order valence-corrected chi connectivity index (χ0v) is 11.1. The second-order valence-electron chi connectivity index (χ2n) is 4.48. The molecule has 0 aliphatic rings. The van der Waals surface area contributed by atoms with Crippen molar-refractivity contribution in [1.82, 2.24) is 5.32 Å².